The van der Waals surface area contributed by atoms with Gasteiger partial charge in [0, 0.05) is 12.1 Å². The number of nitro groups is 1. The molecule has 0 fully saturated rings. The summed E-state index contributed by atoms with van der Waals surface area (Å²) in [6.45, 7) is 0.157. The number of imidazole rings is 1. The van der Waals surface area contributed by atoms with E-state index in [-0.39, 0.29) is 17.9 Å². The van der Waals surface area contributed by atoms with E-state index in [1.807, 2.05) is 0 Å². The number of non-ortho nitro benzene ring substituents is 1. The Morgan fingerprint density at radius 3 is 2.70 bits per heavy atom. The van der Waals surface area contributed by atoms with Gasteiger partial charge in [-0.3, -0.25) is 10.1 Å². The maximum Gasteiger partial charge on any atom is 0.269 e. The number of aromatic amines is 1. The molecule has 0 bridgehead atoms. The highest BCUT2D eigenvalue weighted by Crippen LogP contribution is 2.36. The molecule has 1 N–H and O–H groups in total. The van der Waals surface area contributed by atoms with Crippen LogP contribution in [0, 0.1) is 27.3 Å². The van der Waals surface area contributed by atoms with Crippen molar-refractivity contribution in [1.29, 1.82) is 5.26 Å². The van der Waals surface area contributed by atoms with E-state index >= 15 is 0 Å². The number of fused-ring (bicyclic) bond motifs is 1. The molecule has 1 heterocycles. The van der Waals surface area contributed by atoms with E-state index in [4.69, 9.17) is 16.3 Å². The summed E-state index contributed by atoms with van der Waals surface area (Å²) in [5, 5.41) is 20.7. The number of H-pyrrole nitrogens is 1. The van der Waals surface area contributed by atoms with Gasteiger partial charge in [0.05, 0.1) is 31.0 Å². The lowest BCUT2D eigenvalue weighted by molar-refractivity contribution is -0.384. The first kappa shape index (κ1) is 22.5. The van der Waals surface area contributed by atoms with Crippen molar-refractivity contribution in [3.05, 3.63) is 97.0 Å². The quantitative estimate of drug-likeness (QED) is 0.171. The number of hydrogen-bond acceptors (Lipinski definition) is 5. The van der Waals surface area contributed by atoms with Crippen LogP contribution in [0.4, 0.5) is 10.1 Å². The molecule has 3 aromatic carbocycles. The summed E-state index contributed by atoms with van der Waals surface area (Å²) in [7, 11) is 0. The number of nitrogens with zero attached hydrogens (tertiary/aromatic N) is 3. The molecule has 0 saturated carbocycles. The molecule has 4 rings (SSSR count). The largest absolute Gasteiger partial charge is 0.486 e. The highest BCUT2D eigenvalue weighted by Gasteiger charge is 2.13. The van der Waals surface area contributed by atoms with Gasteiger partial charge in [-0.25, -0.2) is 9.37 Å². The van der Waals surface area contributed by atoms with Gasteiger partial charge < -0.3 is 9.72 Å². The van der Waals surface area contributed by atoms with Crippen molar-refractivity contribution in [1.82, 2.24) is 9.97 Å². The lowest BCUT2D eigenvalue weighted by Gasteiger charge is -2.11. The van der Waals surface area contributed by atoms with Gasteiger partial charge in [-0.15, -0.1) is 0 Å². The van der Waals surface area contributed by atoms with Crippen molar-refractivity contribution >= 4 is 55.9 Å². The molecule has 0 aliphatic rings. The topological polar surface area (TPSA) is 105 Å². The lowest BCUT2D eigenvalue weighted by atomic mass is 10.1. The second-order valence-corrected chi connectivity index (χ2v) is 8.20. The van der Waals surface area contributed by atoms with E-state index in [1.54, 1.807) is 30.3 Å². The third-order valence-electron chi connectivity index (χ3n) is 4.68. The first-order valence-electron chi connectivity index (χ1n) is 9.46. The van der Waals surface area contributed by atoms with Gasteiger partial charge >= 0.3 is 0 Å². The highest BCUT2D eigenvalue weighted by atomic mass is 79.9. The van der Waals surface area contributed by atoms with Crippen molar-refractivity contribution in [3.8, 4) is 11.8 Å². The number of ether oxygens (including phenoxy) is 1. The number of rotatable bonds is 6. The fourth-order valence-electron chi connectivity index (χ4n) is 3.10. The van der Waals surface area contributed by atoms with Gasteiger partial charge in [0.25, 0.3) is 5.69 Å². The van der Waals surface area contributed by atoms with Crippen molar-refractivity contribution in [3.63, 3.8) is 0 Å². The van der Waals surface area contributed by atoms with Crippen LogP contribution in [0.25, 0.3) is 22.7 Å². The summed E-state index contributed by atoms with van der Waals surface area (Å²) in [6, 6.07) is 15.6. The summed E-state index contributed by atoms with van der Waals surface area (Å²) in [5.41, 5.74) is 2.63. The van der Waals surface area contributed by atoms with Crippen molar-refractivity contribution in [2.24, 2.45) is 0 Å². The molecule has 0 unspecified atom stereocenters. The van der Waals surface area contributed by atoms with Crippen LogP contribution in [0.1, 0.15) is 17.0 Å². The summed E-state index contributed by atoms with van der Waals surface area (Å²) in [4.78, 5) is 17.6. The van der Waals surface area contributed by atoms with E-state index in [1.165, 1.54) is 30.3 Å². The normalized spacial score (nSPS) is 11.4. The Bertz CT molecular complexity index is 1420. The highest BCUT2D eigenvalue weighted by molar-refractivity contribution is 9.10. The van der Waals surface area contributed by atoms with Gasteiger partial charge in [0.15, 0.2) is 5.75 Å². The Hall–Kier alpha value is -3.74. The molecule has 1 aromatic heterocycles. The fourth-order valence-corrected chi connectivity index (χ4v) is 4.09. The second kappa shape index (κ2) is 9.40. The molecule has 0 amide bonds. The first-order valence-corrected chi connectivity index (χ1v) is 10.6. The molecular formula is C23H13BrClFN4O3. The molecule has 4 aromatic rings. The van der Waals surface area contributed by atoms with E-state index < -0.39 is 10.7 Å². The lowest BCUT2D eigenvalue weighted by Crippen LogP contribution is -1.98. The zero-order chi connectivity index (χ0) is 23.5. The average molecular weight is 528 g/mol. The van der Waals surface area contributed by atoms with Crippen LogP contribution in [-0.2, 0) is 6.61 Å². The van der Waals surface area contributed by atoms with Gasteiger partial charge in [0.2, 0.25) is 0 Å². The predicted molar refractivity (Wildman–Crippen MR) is 126 cm³/mol. The summed E-state index contributed by atoms with van der Waals surface area (Å²) >= 11 is 9.83. The monoisotopic (exact) mass is 526 g/mol. The number of benzene rings is 3. The van der Waals surface area contributed by atoms with E-state index in [2.05, 4.69) is 32.0 Å². The van der Waals surface area contributed by atoms with Crippen molar-refractivity contribution in [2.75, 3.05) is 0 Å². The predicted octanol–water partition coefficient (Wildman–Crippen LogP) is 6.67. The Morgan fingerprint density at radius 2 is 2.03 bits per heavy atom. The van der Waals surface area contributed by atoms with Crippen LogP contribution in [0.3, 0.4) is 0 Å². The van der Waals surface area contributed by atoms with E-state index in [0.717, 1.165) is 5.56 Å². The van der Waals surface area contributed by atoms with Crippen LogP contribution < -0.4 is 4.74 Å². The molecule has 7 nitrogen and oxygen atoms in total. The number of aromatic nitrogens is 2. The molecule has 0 radical (unpaired) electrons. The molecular weight excluding hydrogens is 515 g/mol. The maximum absolute atomic E-state index is 13.4. The number of nitrogens with one attached hydrogen (secondary N) is 1. The minimum absolute atomic E-state index is 0.00279. The summed E-state index contributed by atoms with van der Waals surface area (Å²) < 4.78 is 19.8. The molecule has 0 aliphatic carbocycles. The minimum Gasteiger partial charge on any atom is -0.486 e. The summed E-state index contributed by atoms with van der Waals surface area (Å²) in [6.07, 6.45) is 1.60. The third-order valence-corrected chi connectivity index (χ3v) is 5.55. The Balaban J connectivity index is 1.56. The number of allylic oxidation sites excluding steroid dienone is 1. The van der Waals surface area contributed by atoms with Gasteiger partial charge in [-0.05, 0) is 75.6 Å². The van der Waals surface area contributed by atoms with Crippen LogP contribution in [0.15, 0.2) is 59.1 Å². The number of hydrogen-bond donors (Lipinski definition) is 1. The summed E-state index contributed by atoms with van der Waals surface area (Å²) in [5.74, 6) is 0.300. The minimum atomic E-state index is -0.469. The smallest absolute Gasteiger partial charge is 0.269 e. The van der Waals surface area contributed by atoms with E-state index in [9.17, 15) is 19.8 Å². The SMILES string of the molecule is N#C/C(=C/c1cc(Cl)c(OCc2ccc([N+](=O)[O-])cc2)c(Br)c1)c1nc2ccc(F)cc2[nH]1. The van der Waals surface area contributed by atoms with E-state index in [0.29, 0.717) is 37.7 Å². The maximum atomic E-state index is 13.4. The Morgan fingerprint density at radius 1 is 1.27 bits per heavy atom. The van der Waals surface area contributed by atoms with Gasteiger partial charge in [-0.2, -0.15) is 5.26 Å². The van der Waals surface area contributed by atoms with Crippen LogP contribution >= 0.6 is 27.5 Å². The van der Waals surface area contributed by atoms with Crippen LogP contribution in [-0.4, -0.2) is 14.9 Å². The van der Waals surface area contributed by atoms with Crippen molar-refractivity contribution < 1.29 is 14.1 Å². The van der Waals surface area contributed by atoms with Crippen LogP contribution in [0.2, 0.25) is 5.02 Å². The first-order chi connectivity index (χ1) is 15.8. The molecule has 0 saturated heterocycles. The average Bonchev–Trinajstić information content (AvgIpc) is 3.20. The van der Waals surface area contributed by atoms with Crippen LogP contribution in [0.5, 0.6) is 5.75 Å². The second-order valence-electron chi connectivity index (χ2n) is 6.94. The fraction of sp³-hybridized carbons (Fsp3) is 0.0435. The molecule has 0 aliphatic heterocycles. The zero-order valence-corrected chi connectivity index (χ0v) is 19.0. The third kappa shape index (κ3) is 5.03. The Labute approximate surface area is 200 Å². The molecule has 10 heteroatoms. The van der Waals surface area contributed by atoms with Crippen molar-refractivity contribution in [2.45, 2.75) is 6.61 Å². The molecule has 0 atom stereocenters. The molecule has 164 valence electrons. The zero-order valence-electron chi connectivity index (χ0n) is 16.7. The Kier molecular flexibility index (Phi) is 6.40. The number of nitriles is 1. The molecule has 0 spiro atoms. The molecule has 33 heavy (non-hydrogen) atoms. The number of nitro benzene ring substituents is 1. The van der Waals surface area contributed by atoms with Gasteiger partial charge in [-0.1, -0.05) is 11.6 Å². The number of halogens is 3. The van der Waals surface area contributed by atoms with Gasteiger partial charge in [0.1, 0.15) is 24.3 Å². The standard InChI is InChI=1S/C23H13BrClFN4O3/c24-18-8-14(7-15(11-27)23-28-20-6-3-16(26)10-21(20)29-23)9-19(25)22(18)33-12-13-1-4-17(5-2-13)30(31)32/h1-10H,12H2,(H,28,29)/b15-7-.